The van der Waals surface area contributed by atoms with E-state index in [9.17, 15) is 18.3 Å². The fourth-order valence-electron chi connectivity index (χ4n) is 4.86. The Morgan fingerprint density at radius 2 is 1.75 bits per heavy atom. The Hall–Kier alpha value is -2.76. The van der Waals surface area contributed by atoms with Crippen LogP contribution in [0.1, 0.15) is 36.4 Å². The molecular formula is C25H26F3N5O2S. The molecule has 11 heteroatoms. The lowest BCUT2D eigenvalue weighted by Crippen LogP contribution is -2.36. The van der Waals surface area contributed by atoms with E-state index < -0.39 is 17.5 Å². The van der Waals surface area contributed by atoms with Crippen LogP contribution in [-0.2, 0) is 16.5 Å². The molecule has 3 aliphatic rings. The number of hydrogen-bond donors (Lipinski definition) is 2. The number of morpholine rings is 1. The number of anilines is 3. The van der Waals surface area contributed by atoms with Crippen molar-refractivity contribution in [3.05, 3.63) is 47.4 Å². The van der Waals surface area contributed by atoms with Crippen molar-refractivity contribution in [1.82, 2.24) is 15.0 Å². The number of rotatable bonds is 7. The minimum atomic E-state index is -4.56. The molecule has 1 aromatic carbocycles. The molecule has 0 bridgehead atoms. The molecule has 7 nitrogen and oxygen atoms in total. The van der Waals surface area contributed by atoms with E-state index in [0.29, 0.717) is 32.0 Å². The number of aromatic nitrogens is 3. The van der Waals surface area contributed by atoms with E-state index in [1.54, 1.807) is 6.20 Å². The zero-order valence-electron chi connectivity index (χ0n) is 19.5. The first-order chi connectivity index (χ1) is 17.3. The minimum absolute atomic E-state index is 0.128. The SMILES string of the molecule is OC(c1ncc(-c2cc(Nc3nccc(C(F)(F)F)n3)cc(N3CCOCC3)c2)s1)(C1CC1)C1CC1. The number of hydrogen-bond acceptors (Lipinski definition) is 8. The fourth-order valence-corrected chi connectivity index (χ4v) is 6.01. The van der Waals surface area contributed by atoms with Gasteiger partial charge in [0.25, 0.3) is 0 Å². The third-order valence-corrected chi connectivity index (χ3v) is 8.22. The molecule has 1 aliphatic heterocycles. The summed E-state index contributed by atoms with van der Waals surface area (Å²) in [5.41, 5.74) is 0.502. The number of ether oxygens (including phenoxy) is 1. The Morgan fingerprint density at radius 3 is 2.42 bits per heavy atom. The quantitative estimate of drug-likeness (QED) is 0.445. The molecule has 0 amide bonds. The molecule has 0 radical (unpaired) electrons. The summed E-state index contributed by atoms with van der Waals surface area (Å²) in [6.45, 7) is 2.62. The van der Waals surface area contributed by atoms with Gasteiger partial charge in [0.05, 0.1) is 18.1 Å². The lowest BCUT2D eigenvalue weighted by Gasteiger charge is -2.29. The van der Waals surface area contributed by atoms with Gasteiger partial charge in [-0.15, -0.1) is 11.3 Å². The second kappa shape index (κ2) is 8.97. The Balaban J connectivity index is 1.35. The van der Waals surface area contributed by atoms with Crippen molar-refractivity contribution in [3.63, 3.8) is 0 Å². The van der Waals surface area contributed by atoms with Gasteiger partial charge in [0.15, 0.2) is 0 Å². The molecule has 1 saturated heterocycles. The molecule has 3 heterocycles. The number of aliphatic hydroxyl groups is 1. The van der Waals surface area contributed by atoms with Crippen molar-refractivity contribution in [1.29, 1.82) is 0 Å². The van der Waals surface area contributed by atoms with Crippen LogP contribution in [0.5, 0.6) is 0 Å². The molecule has 2 N–H and O–H groups in total. The van der Waals surface area contributed by atoms with Crippen LogP contribution in [-0.4, -0.2) is 46.4 Å². The van der Waals surface area contributed by atoms with E-state index in [1.165, 1.54) is 11.3 Å². The summed E-state index contributed by atoms with van der Waals surface area (Å²) in [6.07, 6.45) is 2.44. The summed E-state index contributed by atoms with van der Waals surface area (Å²) < 4.78 is 45.0. The standard InChI is InChI=1S/C25H26F3N5O2S/c26-25(27,28)21-5-6-29-23(32-21)31-18-11-15(12-19(13-18)33-7-9-35-10-8-33)20-14-30-22(36-20)24(34,16-1-2-16)17-3-4-17/h5-6,11-14,16-17,34H,1-4,7-10H2,(H,29,31,32). The summed E-state index contributed by atoms with van der Waals surface area (Å²) in [4.78, 5) is 15.4. The molecule has 2 aromatic heterocycles. The lowest BCUT2D eigenvalue weighted by molar-refractivity contribution is -0.141. The highest BCUT2D eigenvalue weighted by molar-refractivity contribution is 7.15. The second-order valence-electron chi connectivity index (χ2n) is 9.66. The van der Waals surface area contributed by atoms with Crippen LogP contribution in [0.2, 0.25) is 0 Å². The maximum absolute atomic E-state index is 13.2. The molecule has 2 aliphatic carbocycles. The normalized spacial score (nSPS) is 18.9. The topological polar surface area (TPSA) is 83.4 Å². The van der Waals surface area contributed by atoms with Gasteiger partial charge in [-0.1, -0.05) is 0 Å². The van der Waals surface area contributed by atoms with Gasteiger partial charge in [-0.05, 0) is 67.3 Å². The van der Waals surface area contributed by atoms with Gasteiger partial charge in [-0.25, -0.2) is 15.0 Å². The average molecular weight is 518 g/mol. The first kappa shape index (κ1) is 23.6. The molecular weight excluding hydrogens is 491 g/mol. The third-order valence-electron chi connectivity index (χ3n) is 7.03. The molecule has 0 spiro atoms. The molecule has 6 rings (SSSR count). The highest BCUT2D eigenvalue weighted by Gasteiger charge is 2.56. The van der Waals surface area contributed by atoms with E-state index >= 15 is 0 Å². The van der Waals surface area contributed by atoms with Crippen LogP contribution in [0.15, 0.2) is 36.7 Å². The van der Waals surface area contributed by atoms with Crippen molar-refractivity contribution in [2.24, 2.45) is 11.8 Å². The molecule has 0 unspecified atom stereocenters. The highest BCUT2D eigenvalue weighted by Crippen LogP contribution is 2.58. The van der Waals surface area contributed by atoms with Gasteiger partial charge >= 0.3 is 6.18 Å². The van der Waals surface area contributed by atoms with E-state index in [0.717, 1.165) is 59.1 Å². The number of alkyl halides is 3. The first-order valence-electron chi connectivity index (χ1n) is 12.1. The maximum atomic E-state index is 13.2. The first-order valence-corrected chi connectivity index (χ1v) is 13.0. The number of nitrogens with one attached hydrogen (secondary N) is 1. The van der Waals surface area contributed by atoms with E-state index in [1.807, 2.05) is 18.2 Å². The number of thiazole rings is 1. The van der Waals surface area contributed by atoms with Gasteiger partial charge in [-0.3, -0.25) is 0 Å². The van der Waals surface area contributed by atoms with Gasteiger partial charge in [0.1, 0.15) is 16.3 Å². The van der Waals surface area contributed by atoms with Crippen molar-refractivity contribution in [2.45, 2.75) is 37.5 Å². The van der Waals surface area contributed by atoms with Crippen LogP contribution in [0.25, 0.3) is 10.4 Å². The Bertz CT molecular complexity index is 1240. The van der Waals surface area contributed by atoms with Crippen LogP contribution in [0, 0.1) is 11.8 Å². The van der Waals surface area contributed by atoms with Crippen LogP contribution >= 0.6 is 11.3 Å². The predicted octanol–water partition coefficient (Wildman–Crippen LogP) is 5.21. The van der Waals surface area contributed by atoms with Crippen LogP contribution in [0.4, 0.5) is 30.5 Å². The number of benzene rings is 1. The van der Waals surface area contributed by atoms with Gasteiger partial charge in [-0.2, -0.15) is 13.2 Å². The van der Waals surface area contributed by atoms with Crippen LogP contribution in [0.3, 0.4) is 0 Å². The molecule has 3 fully saturated rings. The highest BCUT2D eigenvalue weighted by atomic mass is 32.1. The maximum Gasteiger partial charge on any atom is 0.433 e. The zero-order chi connectivity index (χ0) is 24.9. The summed E-state index contributed by atoms with van der Waals surface area (Å²) in [6, 6.07) is 6.64. The van der Waals surface area contributed by atoms with E-state index in [-0.39, 0.29) is 17.8 Å². The fraction of sp³-hybridized carbons (Fsp3) is 0.480. The van der Waals surface area contributed by atoms with Crippen molar-refractivity contribution >= 4 is 28.7 Å². The summed E-state index contributed by atoms with van der Waals surface area (Å²) in [5, 5.41) is 15.2. The second-order valence-corrected chi connectivity index (χ2v) is 10.7. The largest absolute Gasteiger partial charge is 0.433 e. The molecule has 3 aromatic rings. The van der Waals surface area contributed by atoms with Gasteiger partial charge in [0, 0.05) is 36.9 Å². The molecule has 190 valence electrons. The van der Waals surface area contributed by atoms with Crippen molar-refractivity contribution in [3.8, 4) is 10.4 Å². The summed E-state index contributed by atoms with van der Waals surface area (Å²) >= 11 is 1.49. The van der Waals surface area contributed by atoms with Gasteiger partial charge < -0.3 is 20.1 Å². The molecule has 36 heavy (non-hydrogen) atoms. The lowest BCUT2D eigenvalue weighted by atomic mass is 9.93. The van der Waals surface area contributed by atoms with E-state index in [2.05, 4.69) is 25.2 Å². The Labute approximate surface area is 210 Å². The predicted molar refractivity (Wildman–Crippen MR) is 130 cm³/mol. The van der Waals surface area contributed by atoms with Crippen LogP contribution < -0.4 is 10.2 Å². The Kier molecular flexibility index (Phi) is 5.88. The Morgan fingerprint density at radius 1 is 1.03 bits per heavy atom. The molecule has 0 atom stereocenters. The van der Waals surface area contributed by atoms with E-state index in [4.69, 9.17) is 4.74 Å². The summed E-state index contributed by atoms with van der Waals surface area (Å²) in [5.74, 6) is 0.426. The van der Waals surface area contributed by atoms with Gasteiger partial charge in [0.2, 0.25) is 5.95 Å². The average Bonchev–Trinajstić information content (AvgIpc) is 3.81. The monoisotopic (exact) mass is 517 g/mol. The van der Waals surface area contributed by atoms with Crippen molar-refractivity contribution in [2.75, 3.05) is 36.5 Å². The minimum Gasteiger partial charge on any atom is -0.382 e. The zero-order valence-corrected chi connectivity index (χ0v) is 20.3. The smallest absolute Gasteiger partial charge is 0.382 e. The molecule has 2 saturated carbocycles. The number of halogens is 3. The number of nitrogens with zero attached hydrogens (tertiary/aromatic N) is 4. The third kappa shape index (κ3) is 4.67. The van der Waals surface area contributed by atoms with Crippen molar-refractivity contribution < 1.29 is 23.0 Å². The summed E-state index contributed by atoms with van der Waals surface area (Å²) in [7, 11) is 0.